The maximum Gasteiger partial charge on any atom is 0.306 e. The molecule has 0 aliphatic rings. The van der Waals surface area contributed by atoms with Crippen molar-refractivity contribution in [1.29, 1.82) is 0 Å². The number of esters is 3. The first-order valence-corrected chi connectivity index (χ1v) is 31.7. The fraction of sp³-hybridized carbons (Fsp3) is 0.648. The van der Waals surface area contributed by atoms with Crippen molar-refractivity contribution in [2.75, 3.05) is 13.2 Å². The Morgan fingerprint density at radius 1 is 0.273 bits per heavy atom. The van der Waals surface area contributed by atoms with E-state index in [0.717, 1.165) is 122 Å². The fourth-order valence-electron chi connectivity index (χ4n) is 8.37. The maximum atomic E-state index is 12.9. The lowest BCUT2D eigenvalue weighted by atomic mass is 10.1. The number of hydrogen-bond donors (Lipinski definition) is 0. The highest BCUT2D eigenvalue weighted by atomic mass is 16.6. The molecule has 0 aromatic heterocycles. The third kappa shape index (κ3) is 62.3. The lowest BCUT2D eigenvalue weighted by Crippen LogP contribution is -2.30. The molecule has 6 heteroatoms. The van der Waals surface area contributed by atoms with E-state index in [2.05, 4.69) is 154 Å². The SMILES string of the molecule is CC/C=C\C/C=C\C/C=C\C/C=C\C/C=C\CCCC(=O)OCC(COC(=O)CCCCCCCCCC/C=C\C/C=C\C/C=C\CCCCCCC)OC(=O)CCCCCCCC/C=C\C/C=C\C/C=C\CCCCC. The van der Waals surface area contributed by atoms with Crippen molar-refractivity contribution in [3.05, 3.63) is 134 Å². The van der Waals surface area contributed by atoms with Gasteiger partial charge in [-0.05, 0) is 135 Å². The van der Waals surface area contributed by atoms with Crippen molar-refractivity contribution >= 4 is 17.9 Å². The van der Waals surface area contributed by atoms with Gasteiger partial charge in [0.15, 0.2) is 6.10 Å². The van der Waals surface area contributed by atoms with Gasteiger partial charge in [0.25, 0.3) is 0 Å². The molecule has 0 saturated carbocycles. The van der Waals surface area contributed by atoms with Gasteiger partial charge in [0, 0.05) is 19.3 Å². The van der Waals surface area contributed by atoms with Gasteiger partial charge in [-0.2, -0.15) is 0 Å². The molecule has 0 aromatic carbocycles. The summed E-state index contributed by atoms with van der Waals surface area (Å²) in [5, 5.41) is 0. The van der Waals surface area contributed by atoms with Crippen LogP contribution >= 0.6 is 0 Å². The average molecular weight is 1070 g/mol. The largest absolute Gasteiger partial charge is 0.462 e. The molecule has 0 amide bonds. The second-order valence-electron chi connectivity index (χ2n) is 20.6. The topological polar surface area (TPSA) is 78.9 Å². The van der Waals surface area contributed by atoms with Crippen LogP contribution in [0.15, 0.2) is 134 Å². The van der Waals surface area contributed by atoms with Gasteiger partial charge in [0.2, 0.25) is 0 Å². The Balaban J connectivity index is 4.50. The van der Waals surface area contributed by atoms with Crippen LogP contribution in [-0.4, -0.2) is 37.2 Å². The van der Waals surface area contributed by atoms with Crippen molar-refractivity contribution < 1.29 is 28.6 Å². The van der Waals surface area contributed by atoms with Gasteiger partial charge in [0.1, 0.15) is 13.2 Å². The first-order valence-electron chi connectivity index (χ1n) is 31.7. The molecule has 0 aromatic rings. The highest BCUT2D eigenvalue weighted by Gasteiger charge is 2.19. The van der Waals surface area contributed by atoms with Crippen LogP contribution in [0.2, 0.25) is 0 Å². The molecular formula is C71H116O6. The van der Waals surface area contributed by atoms with Crippen molar-refractivity contribution in [1.82, 2.24) is 0 Å². The van der Waals surface area contributed by atoms with Gasteiger partial charge in [-0.3, -0.25) is 14.4 Å². The Bertz CT molecular complexity index is 1650. The molecule has 436 valence electrons. The van der Waals surface area contributed by atoms with E-state index in [-0.39, 0.29) is 37.5 Å². The summed E-state index contributed by atoms with van der Waals surface area (Å²) < 4.78 is 16.9. The highest BCUT2D eigenvalue weighted by molar-refractivity contribution is 5.71. The van der Waals surface area contributed by atoms with Crippen molar-refractivity contribution in [3.63, 3.8) is 0 Å². The summed E-state index contributed by atoms with van der Waals surface area (Å²) >= 11 is 0. The van der Waals surface area contributed by atoms with E-state index in [9.17, 15) is 14.4 Å². The molecule has 77 heavy (non-hydrogen) atoms. The summed E-state index contributed by atoms with van der Waals surface area (Å²) in [7, 11) is 0. The molecule has 0 aliphatic heterocycles. The lowest BCUT2D eigenvalue weighted by molar-refractivity contribution is -0.167. The van der Waals surface area contributed by atoms with Crippen molar-refractivity contribution in [2.24, 2.45) is 0 Å². The molecule has 0 radical (unpaired) electrons. The Morgan fingerprint density at radius 2 is 0.519 bits per heavy atom. The Kier molecular flexibility index (Phi) is 60.4. The number of rotatable bonds is 56. The zero-order valence-electron chi connectivity index (χ0n) is 49.9. The number of carbonyl (C=O) groups is 3. The van der Waals surface area contributed by atoms with Gasteiger partial charge in [-0.15, -0.1) is 0 Å². The van der Waals surface area contributed by atoms with Gasteiger partial charge < -0.3 is 14.2 Å². The molecule has 0 aliphatic carbocycles. The van der Waals surface area contributed by atoms with Gasteiger partial charge in [-0.1, -0.05) is 257 Å². The molecule has 0 N–H and O–H groups in total. The van der Waals surface area contributed by atoms with Gasteiger partial charge >= 0.3 is 17.9 Å². The number of carbonyl (C=O) groups excluding carboxylic acids is 3. The molecular weight excluding hydrogens is 949 g/mol. The van der Waals surface area contributed by atoms with Gasteiger partial charge in [0.05, 0.1) is 0 Å². The number of unbranched alkanes of at least 4 members (excludes halogenated alkanes) is 23. The second-order valence-corrected chi connectivity index (χ2v) is 20.6. The molecule has 0 saturated heterocycles. The van der Waals surface area contributed by atoms with Crippen LogP contribution < -0.4 is 0 Å². The molecule has 1 unspecified atom stereocenters. The molecule has 6 nitrogen and oxygen atoms in total. The van der Waals surface area contributed by atoms with Crippen molar-refractivity contribution in [3.8, 4) is 0 Å². The number of allylic oxidation sites excluding steroid dienone is 22. The summed E-state index contributed by atoms with van der Waals surface area (Å²) in [6.07, 6.45) is 90.2. The molecule has 0 bridgehead atoms. The lowest BCUT2D eigenvalue weighted by Gasteiger charge is -2.18. The normalized spacial score (nSPS) is 13.0. The predicted molar refractivity (Wildman–Crippen MR) is 334 cm³/mol. The third-order valence-electron chi connectivity index (χ3n) is 13.1. The first kappa shape index (κ1) is 72.5. The minimum Gasteiger partial charge on any atom is -0.462 e. The summed E-state index contributed by atoms with van der Waals surface area (Å²) in [5.41, 5.74) is 0. The summed E-state index contributed by atoms with van der Waals surface area (Å²) in [6.45, 7) is 6.43. The molecule has 0 heterocycles. The molecule has 0 rings (SSSR count). The summed E-state index contributed by atoms with van der Waals surface area (Å²) in [6, 6.07) is 0. The predicted octanol–water partition coefficient (Wildman–Crippen LogP) is 21.8. The quantitative estimate of drug-likeness (QED) is 0.0261. The van der Waals surface area contributed by atoms with Crippen LogP contribution in [0.4, 0.5) is 0 Å². The van der Waals surface area contributed by atoms with E-state index in [1.807, 2.05) is 0 Å². The maximum absolute atomic E-state index is 12.9. The summed E-state index contributed by atoms with van der Waals surface area (Å²) in [4.78, 5) is 38.3. The van der Waals surface area contributed by atoms with Crippen LogP contribution in [0.3, 0.4) is 0 Å². The van der Waals surface area contributed by atoms with Crippen LogP contribution in [0.25, 0.3) is 0 Å². The van der Waals surface area contributed by atoms with E-state index in [1.54, 1.807) is 0 Å². The van der Waals surface area contributed by atoms with Crippen molar-refractivity contribution in [2.45, 2.75) is 284 Å². The molecule has 0 spiro atoms. The second kappa shape index (κ2) is 64.1. The number of hydrogen-bond acceptors (Lipinski definition) is 6. The van der Waals surface area contributed by atoms with E-state index >= 15 is 0 Å². The van der Waals surface area contributed by atoms with Crippen LogP contribution in [0.1, 0.15) is 278 Å². The monoisotopic (exact) mass is 1060 g/mol. The Hall–Kier alpha value is -4.45. The Labute approximate surface area is 475 Å². The molecule has 0 fully saturated rings. The summed E-state index contributed by atoms with van der Waals surface area (Å²) in [5.74, 6) is -0.988. The fourth-order valence-corrected chi connectivity index (χ4v) is 8.37. The minimum atomic E-state index is -0.818. The van der Waals surface area contributed by atoms with E-state index in [1.165, 1.54) is 109 Å². The first-order chi connectivity index (χ1) is 38.0. The molecule has 1 atom stereocenters. The van der Waals surface area contributed by atoms with E-state index in [0.29, 0.717) is 19.3 Å². The van der Waals surface area contributed by atoms with E-state index in [4.69, 9.17) is 14.2 Å². The number of ether oxygens (including phenoxy) is 3. The standard InChI is InChI=1S/C71H116O6/c1-4-7-10-13-16-19-22-25-28-31-33-34-35-36-38-40-43-46-49-52-55-58-61-64-70(73)76-67-68(66-75-69(72)63-60-57-54-51-48-45-42-39-30-27-24-21-18-15-12-9-6-3)77-71(74)65-62-59-56-53-50-47-44-41-37-32-29-26-23-20-17-14-11-8-5-2/h9,12,17-18,20-22,25-27,29-31,33,35-37,41-42,45,51,54,68H,4-8,10-11,13-16,19,23-24,28,32,34,38-40,43-44,46-50,52-53,55-67H2,1-3H3/b12-9-,20-17-,21-18-,25-22-,29-26-,30-27-,33-31-,36-35-,41-37-,45-42-,54-51-. The zero-order chi connectivity index (χ0) is 55.7. The third-order valence-corrected chi connectivity index (χ3v) is 13.1. The average Bonchev–Trinajstić information content (AvgIpc) is 3.43. The van der Waals surface area contributed by atoms with E-state index < -0.39 is 6.10 Å². The highest BCUT2D eigenvalue weighted by Crippen LogP contribution is 2.14. The van der Waals surface area contributed by atoms with Crippen LogP contribution in [0, 0.1) is 0 Å². The van der Waals surface area contributed by atoms with Crippen LogP contribution in [0.5, 0.6) is 0 Å². The minimum absolute atomic E-state index is 0.109. The van der Waals surface area contributed by atoms with Gasteiger partial charge in [-0.25, -0.2) is 0 Å². The smallest absolute Gasteiger partial charge is 0.306 e. The van der Waals surface area contributed by atoms with Crippen LogP contribution in [-0.2, 0) is 28.6 Å². The Morgan fingerprint density at radius 3 is 0.870 bits per heavy atom. The zero-order valence-corrected chi connectivity index (χ0v) is 49.9.